The first-order chi connectivity index (χ1) is 34.0. The molecule has 2 aliphatic heterocycles. The highest BCUT2D eigenvalue weighted by Gasteiger charge is 2.48. The lowest BCUT2D eigenvalue weighted by Crippen LogP contribution is -2.61. The van der Waals surface area contributed by atoms with Gasteiger partial charge in [-0.15, -0.1) is 0 Å². The number of rotatable bonds is 4. The summed E-state index contributed by atoms with van der Waals surface area (Å²) in [5.74, 6) is 0. The minimum atomic E-state index is -0.192. The van der Waals surface area contributed by atoms with Crippen molar-refractivity contribution in [3.63, 3.8) is 0 Å². The van der Waals surface area contributed by atoms with Gasteiger partial charge in [0.1, 0.15) is 0 Å². The number of anilines is 5. The second-order valence-electron chi connectivity index (χ2n) is 21.5. The summed E-state index contributed by atoms with van der Waals surface area (Å²) >= 11 is 0. The lowest BCUT2D eigenvalue weighted by atomic mass is 9.43. The van der Waals surface area contributed by atoms with Crippen LogP contribution >= 0.6 is 0 Å². The third kappa shape index (κ3) is 5.69. The predicted molar refractivity (Wildman–Crippen MR) is 298 cm³/mol. The maximum absolute atomic E-state index is 2.68. The largest absolute Gasteiger partial charge is 0.376 e. The topological polar surface area (TPSA) is 6.48 Å². The molecule has 0 radical (unpaired) electrons. The van der Waals surface area contributed by atoms with E-state index in [1.165, 1.54) is 145 Å². The van der Waals surface area contributed by atoms with Gasteiger partial charge >= 0.3 is 6.85 Å². The minimum absolute atomic E-state index is 0.141. The fourth-order valence-corrected chi connectivity index (χ4v) is 13.5. The third-order valence-corrected chi connectivity index (χ3v) is 16.7. The summed E-state index contributed by atoms with van der Waals surface area (Å²) in [4.78, 5) is 5.34. The Morgan fingerprint density at radius 2 is 0.943 bits per heavy atom. The first-order valence-electron chi connectivity index (χ1n) is 25.0. The summed E-state index contributed by atoms with van der Waals surface area (Å²) < 4.78 is 0. The zero-order valence-electron chi connectivity index (χ0n) is 40.9. The van der Waals surface area contributed by atoms with E-state index in [4.69, 9.17) is 0 Å². The van der Waals surface area contributed by atoms with Crippen molar-refractivity contribution >= 4 is 57.0 Å². The van der Waals surface area contributed by atoms with Gasteiger partial charge in [-0.05, 0) is 181 Å². The van der Waals surface area contributed by atoms with E-state index >= 15 is 0 Å². The second-order valence-corrected chi connectivity index (χ2v) is 21.5. The van der Waals surface area contributed by atoms with Gasteiger partial charge < -0.3 is 9.71 Å². The van der Waals surface area contributed by atoms with Gasteiger partial charge in [-0.2, -0.15) is 0 Å². The van der Waals surface area contributed by atoms with Crippen LogP contribution in [0.4, 0.5) is 28.4 Å². The van der Waals surface area contributed by atoms with E-state index in [0.29, 0.717) is 0 Å². The summed E-state index contributed by atoms with van der Waals surface area (Å²) in [7, 11) is 0. The van der Waals surface area contributed by atoms with Crippen LogP contribution < -0.4 is 20.6 Å². The van der Waals surface area contributed by atoms with Gasteiger partial charge in [-0.1, -0.05) is 173 Å². The SMILES string of the molecule is Cc1cc(C)c(-c2cc3c4c(c2)N(c2ccc5c(c2)C(C)(C)c2ccccc2-5)c2cc5c(cc2B4N(c2ccc(-c4ccccc4)cc2)c2cc4ccccc4cc2-3)-c2ccccc2C5(C)C)c(C)c1. The molecule has 10 aromatic rings. The summed E-state index contributed by atoms with van der Waals surface area (Å²) in [5, 5.41) is 2.48. The summed E-state index contributed by atoms with van der Waals surface area (Å²) in [5.41, 5.74) is 30.6. The van der Waals surface area contributed by atoms with Crippen LogP contribution in [0, 0.1) is 20.8 Å². The number of fused-ring (bicyclic) bond motifs is 11. The molecule has 0 atom stereocenters. The lowest BCUT2D eigenvalue weighted by molar-refractivity contribution is 0.660. The van der Waals surface area contributed by atoms with Crippen LogP contribution in [0.25, 0.3) is 66.4 Å². The average molecular weight is 897 g/mol. The van der Waals surface area contributed by atoms with Crippen LogP contribution in [0.5, 0.6) is 0 Å². The summed E-state index contributed by atoms with van der Waals surface area (Å²) in [6, 6.07) is 74.4. The van der Waals surface area contributed by atoms with Crippen LogP contribution in [0.2, 0.25) is 0 Å². The molecular weight excluding hydrogens is 844 g/mol. The molecule has 10 aromatic carbocycles. The van der Waals surface area contributed by atoms with Gasteiger partial charge in [0, 0.05) is 44.8 Å². The Kier molecular flexibility index (Phi) is 8.56. The van der Waals surface area contributed by atoms with Gasteiger partial charge in [0.15, 0.2) is 0 Å². The van der Waals surface area contributed by atoms with Crippen LogP contribution in [-0.2, 0) is 10.8 Å². The zero-order valence-corrected chi connectivity index (χ0v) is 40.9. The van der Waals surface area contributed by atoms with E-state index in [1.54, 1.807) is 0 Å². The molecule has 0 spiro atoms. The molecule has 2 aliphatic carbocycles. The smallest absolute Gasteiger partial charge is 0.333 e. The summed E-state index contributed by atoms with van der Waals surface area (Å²) in [6.07, 6.45) is 0. The standard InChI is InChI=1S/C67H53BN2/c1-40-31-41(2)64(42(3)32-40)47-34-55-54-33-45-19-11-12-20-46(45)35-61(54)70(48-27-25-44(26-28-48)43-17-9-8-10-18-43)68-60-38-53-51-22-14-16-24-57(51)67(6,7)59(53)39-62(60)69(63(36-47)65(55)68)49-29-30-52-50-21-13-15-23-56(50)66(4,5)58(52)37-49/h8-39H,1-7H3. The maximum atomic E-state index is 2.68. The molecule has 2 nitrogen and oxygen atoms in total. The highest BCUT2D eigenvalue weighted by molar-refractivity contribution is 6.93. The van der Waals surface area contributed by atoms with Gasteiger partial charge in [0.05, 0.1) is 0 Å². The van der Waals surface area contributed by atoms with Gasteiger partial charge in [-0.3, -0.25) is 0 Å². The third-order valence-electron chi connectivity index (χ3n) is 16.7. The fraction of sp³-hybridized carbons (Fsp3) is 0.134. The summed E-state index contributed by atoms with van der Waals surface area (Å²) in [6.45, 7) is 16.3. The highest BCUT2D eigenvalue weighted by Crippen LogP contribution is 2.56. The molecule has 0 aromatic heterocycles. The first kappa shape index (κ1) is 41.1. The van der Waals surface area contributed by atoms with Crippen molar-refractivity contribution in [3.05, 3.63) is 233 Å². The molecule has 0 unspecified atom stereocenters. The molecule has 0 amide bonds. The molecule has 3 heteroatoms. The van der Waals surface area contributed by atoms with Crippen molar-refractivity contribution in [2.75, 3.05) is 9.71 Å². The van der Waals surface area contributed by atoms with Crippen molar-refractivity contribution < 1.29 is 0 Å². The number of hydrogen-bond acceptors (Lipinski definition) is 2. The predicted octanol–water partition coefficient (Wildman–Crippen LogP) is 16.4. The van der Waals surface area contributed by atoms with Gasteiger partial charge in [0.25, 0.3) is 0 Å². The Balaban J connectivity index is 1.12. The number of aryl methyl sites for hydroxylation is 3. The van der Waals surface area contributed by atoms with Crippen molar-refractivity contribution in [3.8, 4) is 55.6 Å². The normalized spacial score (nSPS) is 14.9. The molecule has 0 saturated heterocycles. The zero-order chi connectivity index (χ0) is 47.4. The van der Waals surface area contributed by atoms with Gasteiger partial charge in [-0.25, -0.2) is 0 Å². The van der Waals surface area contributed by atoms with E-state index in [2.05, 4.69) is 252 Å². The van der Waals surface area contributed by atoms with E-state index in [1.807, 2.05) is 0 Å². The highest BCUT2D eigenvalue weighted by atomic mass is 15.2. The molecule has 334 valence electrons. The number of nitrogens with zero attached hydrogens (tertiary/aromatic N) is 2. The Hall–Kier alpha value is -7.88. The fourth-order valence-electron chi connectivity index (χ4n) is 13.5. The van der Waals surface area contributed by atoms with Crippen LogP contribution in [0.3, 0.4) is 0 Å². The van der Waals surface area contributed by atoms with Crippen molar-refractivity contribution in [1.29, 1.82) is 0 Å². The Morgan fingerprint density at radius 1 is 0.371 bits per heavy atom. The van der Waals surface area contributed by atoms with E-state index in [9.17, 15) is 0 Å². The molecule has 0 saturated carbocycles. The van der Waals surface area contributed by atoms with Crippen LogP contribution in [-0.4, -0.2) is 6.85 Å². The number of benzene rings is 10. The quantitative estimate of drug-likeness (QED) is 0.162. The lowest BCUT2D eigenvalue weighted by Gasteiger charge is -2.46. The molecule has 2 heterocycles. The Labute approximate surface area is 412 Å². The van der Waals surface area contributed by atoms with Gasteiger partial charge in [0.2, 0.25) is 0 Å². The van der Waals surface area contributed by atoms with Crippen LogP contribution in [0.1, 0.15) is 66.6 Å². The minimum Gasteiger partial charge on any atom is -0.376 e. The second kappa shape index (κ2) is 14.6. The molecule has 0 bridgehead atoms. The monoisotopic (exact) mass is 896 g/mol. The average Bonchev–Trinajstić information content (AvgIpc) is 3.74. The Bertz CT molecular complexity index is 3850. The van der Waals surface area contributed by atoms with E-state index in [0.717, 1.165) is 0 Å². The molecular formula is C67H53BN2. The Morgan fingerprint density at radius 3 is 1.64 bits per heavy atom. The maximum Gasteiger partial charge on any atom is 0.333 e. The molecule has 0 fully saturated rings. The molecule has 70 heavy (non-hydrogen) atoms. The first-order valence-corrected chi connectivity index (χ1v) is 25.0. The van der Waals surface area contributed by atoms with Crippen molar-refractivity contribution in [2.24, 2.45) is 0 Å². The van der Waals surface area contributed by atoms with Crippen molar-refractivity contribution in [2.45, 2.75) is 59.3 Å². The number of hydrogen-bond donors (Lipinski definition) is 0. The molecule has 0 N–H and O–H groups in total. The molecule has 4 aliphatic rings. The molecule has 14 rings (SSSR count). The van der Waals surface area contributed by atoms with E-state index < -0.39 is 0 Å². The van der Waals surface area contributed by atoms with Crippen LogP contribution in [0.15, 0.2) is 194 Å². The van der Waals surface area contributed by atoms with Crippen molar-refractivity contribution in [1.82, 2.24) is 0 Å². The van der Waals surface area contributed by atoms with E-state index in [-0.39, 0.29) is 17.7 Å².